The Balaban J connectivity index is 1.43. The van der Waals surface area contributed by atoms with Gasteiger partial charge < -0.3 is 23.5 Å². The Morgan fingerprint density at radius 2 is 1.62 bits per heavy atom. The summed E-state index contributed by atoms with van der Waals surface area (Å²) in [5.74, 6) is -3.98. The number of aliphatic hydroxyl groups excluding tert-OH is 1. The van der Waals surface area contributed by atoms with Crippen LogP contribution in [-0.2, 0) is 28.9 Å². The Hall–Kier alpha value is -4.61. The van der Waals surface area contributed by atoms with Crippen LogP contribution in [0.4, 0.5) is 10.1 Å². The van der Waals surface area contributed by atoms with Crippen LogP contribution in [0.15, 0.2) is 75.2 Å². The maximum atomic E-state index is 16.4. The molecule has 3 aliphatic carbocycles. The fourth-order valence-electron chi connectivity index (χ4n) is 7.95. The molecular weight excluding hydrogens is 785 g/mol. The first-order valence-corrected chi connectivity index (χ1v) is 21.9. The highest BCUT2D eigenvalue weighted by Crippen LogP contribution is 2.60. The molecule has 0 saturated heterocycles. The second-order valence-electron chi connectivity index (χ2n) is 16.2. The molecule has 286 valence electrons. The zero-order chi connectivity index (χ0) is 39.6. The lowest BCUT2D eigenvalue weighted by atomic mass is 9.57. The fourth-order valence-corrected chi connectivity index (χ4v) is 9.98. The summed E-state index contributed by atoms with van der Waals surface area (Å²) in [6.45, 7) is 18.0. The minimum atomic E-state index is -2.97. The van der Waals surface area contributed by atoms with Crippen molar-refractivity contribution in [2.24, 2.45) is 11.8 Å². The summed E-state index contributed by atoms with van der Waals surface area (Å²) in [5, 5.41) is 16.2. The van der Waals surface area contributed by atoms with E-state index in [-0.39, 0.29) is 75.9 Å². The van der Waals surface area contributed by atoms with Crippen LogP contribution in [0.25, 0.3) is 10.6 Å². The molecule has 4 aromatic rings. The van der Waals surface area contributed by atoms with Crippen molar-refractivity contribution in [1.29, 1.82) is 0 Å². The molecule has 7 rings (SSSR count). The molecule has 0 amide bonds. The molecule has 1 fully saturated rings. The standard InChI is InChI=1S/C42H43BrFN3O7Si/c1-41(2,3)55(7,8)54-42-27(34(47(5)6)37-30(39(42)50)40(46-53-37)52-22-24-17-13-10-14-18-24)20-25-19-26-29(35(48)28(25)38(42)49)36(31(43)33(45-4)32(26)44)51-21-23-15-11-9-12-16-23/h9-18,25,27,34,48H,19-22H2,1-3,5-8H3/t25-,27-,34-,42-/m0/s1. The van der Waals surface area contributed by atoms with E-state index in [1.165, 1.54) is 0 Å². The van der Waals surface area contributed by atoms with Gasteiger partial charge in [0.1, 0.15) is 36.1 Å². The molecule has 0 radical (unpaired) electrons. The van der Waals surface area contributed by atoms with Crippen molar-refractivity contribution in [3.8, 4) is 11.6 Å². The van der Waals surface area contributed by atoms with Crippen molar-refractivity contribution < 1.29 is 37.5 Å². The van der Waals surface area contributed by atoms with E-state index in [1.807, 2.05) is 114 Å². The largest absolute Gasteiger partial charge is 0.507 e. The van der Waals surface area contributed by atoms with Gasteiger partial charge in [-0.25, -0.2) is 9.24 Å². The van der Waals surface area contributed by atoms with E-state index < -0.39 is 60.0 Å². The van der Waals surface area contributed by atoms with Gasteiger partial charge in [-0.05, 0) is 72.8 Å². The molecule has 0 unspecified atom stereocenters. The van der Waals surface area contributed by atoms with Gasteiger partial charge >= 0.3 is 0 Å². The van der Waals surface area contributed by atoms with E-state index in [0.29, 0.717) is 0 Å². The first-order chi connectivity index (χ1) is 26.0. The van der Waals surface area contributed by atoms with Gasteiger partial charge in [-0.15, -0.1) is 0 Å². The summed E-state index contributed by atoms with van der Waals surface area (Å²) >= 11 is 3.38. The number of aromatic nitrogens is 1. The molecule has 3 aliphatic rings. The van der Waals surface area contributed by atoms with Crippen LogP contribution in [0.5, 0.6) is 11.6 Å². The number of ketones is 2. The predicted molar refractivity (Wildman–Crippen MR) is 210 cm³/mol. The lowest BCUT2D eigenvalue weighted by molar-refractivity contribution is -0.140. The van der Waals surface area contributed by atoms with Crippen LogP contribution in [-0.4, -0.2) is 54.7 Å². The number of fused-ring (bicyclic) bond motifs is 4. The lowest BCUT2D eigenvalue weighted by Crippen LogP contribution is -2.68. The molecule has 0 spiro atoms. The van der Waals surface area contributed by atoms with Gasteiger partial charge in [0, 0.05) is 11.5 Å². The third-order valence-electron chi connectivity index (χ3n) is 11.6. The van der Waals surface area contributed by atoms with Crippen LogP contribution in [0, 0.1) is 24.2 Å². The number of ether oxygens (including phenoxy) is 2. The summed E-state index contributed by atoms with van der Waals surface area (Å²) in [7, 11) is 0.683. The average Bonchev–Trinajstić information content (AvgIpc) is 3.56. The molecule has 55 heavy (non-hydrogen) atoms. The first-order valence-electron chi connectivity index (χ1n) is 18.2. The second kappa shape index (κ2) is 14.2. The molecule has 1 saturated carbocycles. The van der Waals surface area contributed by atoms with Gasteiger partial charge in [-0.3, -0.25) is 14.5 Å². The molecule has 3 aromatic carbocycles. The quantitative estimate of drug-likeness (QED) is 0.100. The summed E-state index contributed by atoms with van der Waals surface area (Å²) in [6, 6.07) is 18.0. The number of Topliss-reactive ketones (excluding diaryl/α,β-unsaturated/α-hetero) is 2. The van der Waals surface area contributed by atoms with Gasteiger partial charge in [0.2, 0.25) is 17.3 Å². The minimum Gasteiger partial charge on any atom is -0.507 e. The maximum absolute atomic E-state index is 16.4. The van der Waals surface area contributed by atoms with E-state index in [0.717, 1.165) is 11.1 Å². The summed E-state index contributed by atoms with van der Waals surface area (Å²) in [6.07, 6.45) is 0.122. The molecule has 1 aromatic heterocycles. The zero-order valence-electron chi connectivity index (χ0n) is 31.8. The molecule has 1 heterocycles. The Kier molecular flexibility index (Phi) is 9.95. The van der Waals surface area contributed by atoms with Crippen molar-refractivity contribution >= 4 is 47.3 Å². The van der Waals surface area contributed by atoms with Crippen molar-refractivity contribution in [2.75, 3.05) is 14.1 Å². The highest BCUT2D eigenvalue weighted by molar-refractivity contribution is 9.10. The Labute approximate surface area is 329 Å². The van der Waals surface area contributed by atoms with Gasteiger partial charge in [-0.1, -0.05) is 97.4 Å². The smallest absolute Gasteiger partial charge is 0.265 e. The minimum absolute atomic E-state index is 0.0180. The number of rotatable bonds is 9. The number of nitrogens with zero attached hydrogens (tertiary/aromatic N) is 3. The van der Waals surface area contributed by atoms with Crippen LogP contribution in [0.3, 0.4) is 0 Å². The molecule has 10 nitrogen and oxygen atoms in total. The van der Waals surface area contributed by atoms with Crippen molar-refractivity contribution in [3.05, 3.63) is 122 Å². The van der Waals surface area contributed by atoms with Gasteiger partial charge in [-0.2, -0.15) is 0 Å². The first kappa shape index (κ1) is 38.7. The zero-order valence-corrected chi connectivity index (χ0v) is 34.4. The number of carbonyl (C=O) groups excluding carboxylic acids is 2. The van der Waals surface area contributed by atoms with E-state index in [2.05, 4.69) is 25.9 Å². The second-order valence-corrected chi connectivity index (χ2v) is 21.7. The highest BCUT2D eigenvalue weighted by Gasteiger charge is 2.69. The van der Waals surface area contributed by atoms with Crippen molar-refractivity contribution in [3.63, 3.8) is 0 Å². The van der Waals surface area contributed by atoms with E-state index in [1.54, 1.807) is 0 Å². The number of aliphatic hydroxyl groups is 1. The average molecular weight is 829 g/mol. The molecule has 1 N–H and O–H groups in total. The summed E-state index contributed by atoms with van der Waals surface area (Å²) in [4.78, 5) is 36.5. The topological polar surface area (TPSA) is 116 Å². The van der Waals surface area contributed by atoms with Crippen LogP contribution in [0.2, 0.25) is 18.1 Å². The van der Waals surface area contributed by atoms with E-state index in [9.17, 15) is 5.11 Å². The molecule has 0 bridgehead atoms. The summed E-state index contributed by atoms with van der Waals surface area (Å²) in [5.41, 5.74) is -0.739. The lowest BCUT2D eigenvalue weighted by Gasteiger charge is -2.55. The SMILES string of the molecule is [C-]#[N+]c1c(F)c2c(c(OCc3ccccc3)c1Br)C(O)=C1C(=O)[C@]3(O[Si](C)(C)C(C)(C)C)C(=O)c4c(OCc5ccccc5)noc4[C@@H](N(C)C)[C@@H]3C[C@@H]1C2. The van der Waals surface area contributed by atoms with Crippen molar-refractivity contribution in [2.45, 2.75) is 76.6 Å². The molecule has 13 heteroatoms. The monoisotopic (exact) mass is 827 g/mol. The fraction of sp³-hybridized carbons (Fsp3) is 0.381. The van der Waals surface area contributed by atoms with Gasteiger partial charge in [0.05, 0.1) is 22.7 Å². The number of halogens is 2. The Morgan fingerprint density at radius 1 is 1.02 bits per heavy atom. The van der Waals surface area contributed by atoms with Crippen LogP contribution >= 0.6 is 15.9 Å². The molecule has 4 atom stereocenters. The van der Waals surface area contributed by atoms with Gasteiger partial charge in [0.25, 0.3) is 5.88 Å². The molecular formula is C42H43BrFN3O7Si. The van der Waals surface area contributed by atoms with E-state index >= 15 is 14.0 Å². The Morgan fingerprint density at radius 3 is 2.18 bits per heavy atom. The van der Waals surface area contributed by atoms with Gasteiger partial charge in [0.15, 0.2) is 19.7 Å². The third-order valence-corrected chi connectivity index (χ3v) is 16.8. The molecule has 0 aliphatic heterocycles. The van der Waals surface area contributed by atoms with Crippen LogP contribution < -0.4 is 9.47 Å². The predicted octanol–water partition coefficient (Wildman–Crippen LogP) is 9.58. The number of hydrogen-bond acceptors (Lipinski definition) is 9. The number of carbonyl (C=O) groups is 2. The number of benzene rings is 3. The van der Waals surface area contributed by atoms with E-state index in [4.69, 9.17) is 25.0 Å². The van der Waals surface area contributed by atoms with Crippen molar-refractivity contribution in [1.82, 2.24) is 10.1 Å². The maximum Gasteiger partial charge on any atom is 0.265 e. The Bertz CT molecular complexity index is 2260. The number of hydrogen-bond donors (Lipinski definition) is 1. The summed E-state index contributed by atoms with van der Waals surface area (Å²) < 4.78 is 41.9. The van der Waals surface area contributed by atoms with Crippen LogP contribution in [0.1, 0.15) is 71.6 Å². The highest BCUT2D eigenvalue weighted by atomic mass is 79.9. The normalized spacial score (nSPS) is 22.1. The third kappa shape index (κ3) is 6.23.